The lowest BCUT2D eigenvalue weighted by atomic mass is 10.1. The molecule has 1 amide bonds. The Hall–Kier alpha value is -2.63. The van der Waals surface area contributed by atoms with E-state index in [0.29, 0.717) is 24.1 Å². The lowest BCUT2D eigenvalue weighted by Crippen LogP contribution is -2.26. The average Bonchev–Trinajstić information content (AvgIpc) is 3.40. The minimum atomic E-state index is -0.156. The molecule has 1 aliphatic rings. The second-order valence-corrected chi connectivity index (χ2v) is 5.57. The van der Waals surface area contributed by atoms with Gasteiger partial charge in [-0.2, -0.15) is 0 Å². The van der Waals surface area contributed by atoms with Gasteiger partial charge in [-0.3, -0.25) is 4.79 Å². The molecule has 0 aliphatic heterocycles. The second-order valence-electron chi connectivity index (χ2n) is 5.57. The van der Waals surface area contributed by atoms with Crippen molar-refractivity contribution in [2.45, 2.75) is 25.3 Å². The number of rotatable bonds is 7. The molecule has 3 rings (SSSR count). The van der Waals surface area contributed by atoms with E-state index in [2.05, 4.69) is 20.6 Å². The third-order valence-corrected chi connectivity index (χ3v) is 3.68. The fourth-order valence-electron chi connectivity index (χ4n) is 2.14. The van der Waals surface area contributed by atoms with Gasteiger partial charge in [0.1, 0.15) is 5.75 Å². The molecule has 1 aromatic carbocycles. The van der Waals surface area contributed by atoms with Crippen LogP contribution in [-0.2, 0) is 6.42 Å². The Morgan fingerprint density at radius 1 is 1.22 bits per heavy atom. The maximum Gasteiger partial charge on any atom is 0.254 e. The Morgan fingerprint density at radius 3 is 2.52 bits per heavy atom. The summed E-state index contributed by atoms with van der Waals surface area (Å²) in [5.74, 6) is 1.26. The van der Waals surface area contributed by atoms with Crippen molar-refractivity contribution in [3.05, 3.63) is 47.8 Å². The van der Waals surface area contributed by atoms with Crippen molar-refractivity contribution in [3.8, 4) is 5.75 Å². The highest BCUT2D eigenvalue weighted by molar-refractivity contribution is 5.93. The van der Waals surface area contributed by atoms with Crippen molar-refractivity contribution >= 4 is 11.9 Å². The normalized spacial score (nSPS) is 13.4. The van der Waals surface area contributed by atoms with Crippen LogP contribution in [0, 0.1) is 0 Å². The van der Waals surface area contributed by atoms with E-state index in [0.717, 1.165) is 30.6 Å². The predicted molar refractivity (Wildman–Crippen MR) is 87.7 cm³/mol. The summed E-state index contributed by atoms with van der Waals surface area (Å²) in [6.45, 7) is 0.563. The molecule has 1 aromatic heterocycles. The van der Waals surface area contributed by atoms with E-state index in [1.807, 2.05) is 24.3 Å². The number of nitrogens with zero attached hydrogens (tertiary/aromatic N) is 2. The van der Waals surface area contributed by atoms with Crippen LogP contribution in [0.2, 0.25) is 0 Å². The first-order valence-electron chi connectivity index (χ1n) is 7.74. The van der Waals surface area contributed by atoms with E-state index in [-0.39, 0.29) is 5.91 Å². The molecule has 6 nitrogen and oxygen atoms in total. The van der Waals surface area contributed by atoms with Crippen LogP contribution in [0.1, 0.15) is 28.8 Å². The van der Waals surface area contributed by atoms with Crippen LogP contribution >= 0.6 is 0 Å². The fourth-order valence-corrected chi connectivity index (χ4v) is 2.14. The number of carbonyl (C=O) groups is 1. The molecule has 0 atom stereocenters. The maximum absolute atomic E-state index is 12.0. The van der Waals surface area contributed by atoms with Gasteiger partial charge < -0.3 is 15.4 Å². The van der Waals surface area contributed by atoms with Crippen LogP contribution in [0.25, 0.3) is 0 Å². The third kappa shape index (κ3) is 4.42. The molecule has 1 heterocycles. The summed E-state index contributed by atoms with van der Waals surface area (Å²) >= 11 is 0. The van der Waals surface area contributed by atoms with E-state index in [1.54, 1.807) is 19.5 Å². The van der Waals surface area contributed by atoms with Crippen LogP contribution in [-0.4, -0.2) is 35.6 Å². The number of carbonyl (C=O) groups excluding carboxylic acids is 1. The highest BCUT2D eigenvalue weighted by atomic mass is 16.5. The maximum atomic E-state index is 12.0. The van der Waals surface area contributed by atoms with Gasteiger partial charge in [0.15, 0.2) is 0 Å². The Bertz CT molecular complexity index is 651. The number of hydrogen-bond donors (Lipinski definition) is 2. The third-order valence-electron chi connectivity index (χ3n) is 3.68. The van der Waals surface area contributed by atoms with Crippen molar-refractivity contribution in [2.24, 2.45) is 0 Å². The Labute approximate surface area is 135 Å². The average molecular weight is 312 g/mol. The van der Waals surface area contributed by atoms with Gasteiger partial charge in [0, 0.05) is 25.0 Å². The summed E-state index contributed by atoms with van der Waals surface area (Å²) in [4.78, 5) is 20.4. The van der Waals surface area contributed by atoms with Crippen LogP contribution in [0.5, 0.6) is 5.75 Å². The number of amides is 1. The molecule has 23 heavy (non-hydrogen) atoms. The summed E-state index contributed by atoms with van der Waals surface area (Å²) in [7, 11) is 1.64. The van der Waals surface area contributed by atoms with Gasteiger partial charge in [-0.15, -0.1) is 0 Å². The fraction of sp³-hybridized carbons (Fsp3) is 0.353. The van der Waals surface area contributed by atoms with Gasteiger partial charge in [-0.25, -0.2) is 9.97 Å². The molecule has 0 radical (unpaired) electrons. The Kier molecular flexibility index (Phi) is 4.71. The SMILES string of the molecule is COc1ccc(CCNC(=O)c2cnc(NC3CC3)nc2)cc1. The molecule has 0 unspecified atom stereocenters. The topological polar surface area (TPSA) is 76.1 Å². The van der Waals surface area contributed by atoms with E-state index < -0.39 is 0 Å². The quantitative estimate of drug-likeness (QED) is 0.818. The van der Waals surface area contributed by atoms with Crippen LogP contribution < -0.4 is 15.4 Å². The number of ether oxygens (including phenoxy) is 1. The van der Waals surface area contributed by atoms with Crippen LogP contribution in [0.3, 0.4) is 0 Å². The minimum Gasteiger partial charge on any atom is -0.497 e. The minimum absolute atomic E-state index is 0.156. The zero-order chi connectivity index (χ0) is 16.1. The zero-order valence-corrected chi connectivity index (χ0v) is 13.1. The Morgan fingerprint density at radius 2 is 1.91 bits per heavy atom. The first-order valence-corrected chi connectivity index (χ1v) is 7.74. The molecule has 2 N–H and O–H groups in total. The van der Waals surface area contributed by atoms with Gasteiger partial charge in [-0.05, 0) is 37.0 Å². The number of nitrogens with one attached hydrogen (secondary N) is 2. The van der Waals surface area contributed by atoms with E-state index >= 15 is 0 Å². The van der Waals surface area contributed by atoms with Gasteiger partial charge in [0.25, 0.3) is 5.91 Å². The second kappa shape index (κ2) is 7.09. The molecule has 0 spiro atoms. The Balaban J connectivity index is 1.46. The van der Waals surface area contributed by atoms with Crippen molar-refractivity contribution < 1.29 is 9.53 Å². The monoisotopic (exact) mass is 312 g/mol. The number of aromatic nitrogens is 2. The molecule has 1 aliphatic carbocycles. The number of methoxy groups -OCH3 is 1. The summed E-state index contributed by atoms with van der Waals surface area (Å²) in [6, 6.07) is 8.31. The largest absolute Gasteiger partial charge is 0.497 e. The molecule has 0 saturated heterocycles. The van der Waals surface area contributed by atoms with Crippen molar-refractivity contribution in [2.75, 3.05) is 19.0 Å². The van der Waals surface area contributed by atoms with Crippen LogP contribution in [0.15, 0.2) is 36.7 Å². The highest BCUT2D eigenvalue weighted by Gasteiger charge is 2.21. The first-order chi connectivity index (χ1) is 11.2. The predicted octanol–water partition coefficient (Wildman–Crippen LogP) is 2.03. The van der Waals surface area contributed by atoms with E-state index in [4.69, 9.17) is 4.74 Å². The van der Waals surface area contributed by atoms with Crippen molar-refractivity contribution in [1.82, 2.24) is 15.3 Å². The van der Waals surface area contributed by atoms with Gasteiger partial charge in [0.2, 0.25) is 5.95 Å². The molecular weight excluding hydrogens is 292 g/mol. The van der Waals surface area contributed by atoms with Crippen molar-refractivity contribution in [1.29, 1.82) is 0 Å². The molecule has 1 saturated carbocycles. The first kappa shape index (κ1) is 15.3. The highest BCUT2D eigenvalue weighted by Crippen LogP contribution is 2.22. The van der Waals surface area contributed by atoms with E-state index in [1.165, 1.54) is 0 Å². The molecule has 6 heteroatoms. The van der Waals surface area contributed by atoms with Gasteiger partial charge >= 0.3 is 0 Å². The standard InChI is InChI=1S/C17H20N4O2/c1-23-15-6-2-12(3-7-15)8-9-18-16(22)13-10-19-17(20-11-13)21-14-4-5-14/h2-3,6-7,10-11,14H,4-5,8-9H2,1H3,(H,18,22)(H,19,20,21). The molecule has 120 valence electrons. The van der Waals surface area contributed by atoms with Gasteiger partial charge in [-0.1, -0.05) is 12.1 Å². The smallest absolute Gasteiger partial charge is 0.254 e. The summed E-state index contributed by atoms with van der Waals surface area (Å²) < 4.78 is 5.12. The summed E-state index contributed by atoms with van der Waals surface area (Å²) in [5.41, 5.74) is 1.62. The lowest BCUT2D eigenvalue weighted by Gasteiger charge is -2.07. The lowest BCUT2D eigenvalue weighted by molar-refractivity contribution is 0.0953. The van der Waals surface area contributed by atoms with E-state index in [9.17, 15) is 4.79 Å². The molecule has 2 aromatic rings. The zero-order valence-electron chi connectivity index (χ0n) is 13.1. The molecule has 0 bridgehead atoms. The van der Waals surface area contributed by atoms with Crippen molar-refractivity contribution in [3.63, 3.8) is 0 Å². The number of hydrogen-bond acceptors (Lipinski definition) is 5. The number of benzene rings is 1. The van der Waals surface area contributed by atoms with Crippen LogP contribution in [0.4, 0.5) is 5.95 Å². The van der Waals surface area contributed by atoms with Gasteiger partial charge in [0.05, 0.1) is 12.7 Å². The molecular formula is C17H20N4O2. The summed E-state index contributed by atoms with van der Waals surface area (Å²) in [6.07, 6.45) is 6.20. The molecule has 1 fully saturated rings. The summed E-state index contributed by atoms with van der Waals surface area (Å²) in [5, 5.41) is 6.07. The number of anilines is 1.